The van der Waals surface area contributed by atoms with Crippen LogP contribution in [0.25, 0.3) is 0 Å². The van der Waals surface area contributed by atoms with E-state index in [1.807, 2.05) is 13.8 Å². The Bertz CT molecular complexity index is 513. The minimum absolute atomic E-state index is 0.165. The van der Waals surface area contributed by atoms with E-state index in [1.54, 1.807) is 12.1 Å². The Labute approximate surface area is 105 Å². The summed E-state index contributed by atoms with van der Waals surface area (Å²) in [5, 5.41) is 0. The van der Waals surface area contributed by atoms with Crippen LogP contribution in [0.5, 0.6) is 0 Å². The van der Waals surface area contributed by atoms with Gasteiger partial charge in [0.25, 0.3) is 0 Å². The molecule has 2 N–H and O–H groups in total. The Kier molecular flexibility index (Phi) is 3.32. The molecule has 0 aliphatic carbocycles. The van der Waals surface area contributed by atoms with Gasteiger partial charge in [0, 0.05) is 12.1 Å². The molecule has 2 amide bonds. The lowest BCUT2D eigenvalue weighted by Crippen LogP contribution is -2.34. The molecule has 96 valence electrons. The first-order valence-corrected chi connectivity index (χ1v) is 5.95. The molecular weight excluding hydrogens is 233 g/mol. The minimum Gasteiger partial charge on any atom is -0.385 e. The molecule has 0 fully saturated rings. The predicted octanol–water partition coefficient (Wildman–Crippen LogP) is 2.38. The molecule has 0 saturated carbocycles. The molecule has 1 aliphatic heterocycles. The third-order valence-corrected chi connectivity index (χ3v) is 2.97. The lowest BCUT2D eigenvalue weighted by atomic mass is 10.0. The number of rotatable bonds is 3. The van der Waals surface area contributed by atoms with E-state index in [4.69, 9.17) is 5.73 Å². The third-order valence-electron chi connectivity index (χ3n) is 2.97. The van der Waals surface area contributed by atoms with Gasteiger partial charge in [0.15, 0.2) is 0 Å². The van der Waals surface area contributed by atoms with Gasteiger partial charge in [0.05, 0.1) is 0 Å². The van der Waals surface area contributed by atoms with Crippen molar-refractivity contribution >= 4 is 11.9 Å². The van der Waals surface area contributed by atoms with Gasteiger partial charge in [-0.3, -0.25) is 0 Å². The van der Waals surface area contributed by atoms with Gasteiger partial charge >= 0.3 is 6.03 Å². The molecule has 0 bridgehead atoms. The maximum Gasteiger partial charge on any atom is 0.346 e. The molecule has 1 atom stereocenters. The average molecular weight is 249 g/mol. The SMILES string of the molecule is CCCN1C(=O)N=C(N)C1c1cc(C)ccc1F. The quantitative estimate of drug-likeness (QED) is 0.894. The van der Waals surface area contributed by atoms with Gasteiger partial charge < -0.3 is 10.6 Å². The molecule has 2 rings (SSSR count). The summed E-state index contributed by atoms with van der Waals surface area (Å²) in [6.45, 7) is 4.34. The Morgan fingerprint density at radius 1 is 1.50 bits per heavy atom. The smallest absolute Gasteiger partial charge is 0.346 e. The van der Waals surface area contributed by atoms with Gasteiger partial charge in [-0.1, -0.05) is 24.6 Å². The maximum atomic E-state index is 13.9. The Hall–Kier alpha value is -1.91. The lowest BCUT2D eigenvalue weighted by molar-refractivity contribution is 0.206. The summed E-state index contributed by atoms with van der Waals surface area (Å²) in [6, 6.07) is 3.83. The van der Waals surface area contributed by atoms with Crippen LogP contribution in [0.1, 0.15) is 30.5 Å². The molecule has 1 unspecified atom stereocenters. The summed E-state index contributed by atoms with van der Waals surface area (Å²) in [7, 11) is 0. The van der Waals surface area contributed by atoms with E-state index in [1.165, 1.54) is 11.0 Å². The first-order valence-electron chi connectivity index (χ1n) is 5.95. The second kappa shape index (κ2) is 4.76. The van der Waals surface area contributed by atoms with Crippen molar-refractivity contribution in [3.63, 3.8) is 0 Å². The summed E-state index contributed by atoms with van der Waals surface area (Å²) < 4.78 is 13.9. The second-order valence-corrected chi connectivity index (χ2v) is 4.44. The first kappa shape index (κ1) is 12.5. The van der Waals surface area contributed by atoms with Crippen LogP contribution in [-0.2, 0) is 0 Å². The number of carbonyl (C=O) groups excluding carboxylic acids is 1. The highest BCUT2D eigenvalue weighted by Crippen LogP contribution is 2.29. The van der Waals surface area contributed by atoms with Crippen LogP contribution in [0.4, 0.5) is 9.18 Å². The van der Waals surface area contributed by atoms with E-state index in [2.05, 4.69) is 4.99 Å². The summed E-state index contributed by atoms with van der Waals surface area (Å²) in [5.41, 5.74) is 7.10. The molecule has 1 aromatic rings. The molecule has 5 heteroatoms. The number of aryl methyl sites for hydroxylation is 1. The van der Waals surface area contributed by atoms with Crippen molar-refractivity contribution in [2.24, 2.45) is 10.7 Å². The van der Waals surface area contributed by atoms with Crippen LogP contribution >= 0.6 is 0 Å². The molecule has 1 heterocycles. The molecule has 18 heavy (non-hydrogen) atoms. The van der Waals surface area contributed by atoms with Crippen LogP contribution in [-0.4, -0.2) is 23.3 Å². The van der Waals surface area contributed by atoms with Crippen LogP contribution in [0.2, 0.25) is 0 Å². The summed E-state index contributed by atoms with van der Waals surface area (Å²) in [4.78, 5) is 16.9. The summed E-state index contributed by atoms with van der Waals surface area (Å²) in [5.74, 6) is -0.197. The summed E-state index contributed by atoms with van der Waals surface area (Å²) >= 11 is 0. The van der Waals surface area contributed by atoms with Crippen molar-refractivity contribution in [1.82, 2.24) is 4.90 Å². The Balaban J connectivity index is 2.44. The van der Waals surface area contributed by atoms with Gasteiger partial charge in [0.1, 0.15) is 17.7 Å². The van der Waals surface area contributed by atoms with Gasteiger partial charge in [-0.15, -0.1) is 0 Å². The zero-order chi connectivity index (χ0) is 13.3. The van der Waals surface area contributed by atoms with Crippen molar-refractivity contribution < 1.29 is 9.18 Å². The summed E-state index contributed by atoms with van der Waals surface area (Å²) in [6.07, 6.45) is 0.776. The van der Waals surface area contributed by atoms with Crippen molar-refractivity contribution in [2.75, 3.05) is 6.54 Å². The number of aliphatic imine (C=N–C) groups is 1. The third kappa shape index (κ3) is 2.08. The second-order valence-electron chi connectivity index (χ2n) is 4.44. The van der Waals surface area contributed by atoms with E-state index < -0.39 is 6.04 Å². The van der Waals surface area contributed by atoms with Gasteiger partial charge in [-0.25, -0.2) is 9.18 Å². The predicted molar refractivity (Wildman–Crippen MR) is 67.9 cm³/mol. The minimum atomic E-state index is -0.572. The number of carbonyl (C=O) groups is 1. The normalized spacial score (nSPS) is 19.3. The van der Waals surface area contributed by atoms with E-state index in [0.29, 0.717) is 12.1 Å². The zero-order valence-electron chi connectivity index (χ0n) is 10.5. The van der Waals surface area contributed by atoms with Gasteiger partial charge in [0.2, 0.25) is 0 Å². The Morgan fingerprint density at radius 3 is 2.89 bits per heavy atom. The van der Waals surface area contributed by atoms with Crippen LogP contribution in [0.3, 0.4) is 0 Å². The molecule has 1 aliphatic rings. The topological polar surface area (TPSA) is 58.7 Å². The van der Waals surface area contributed by atoms with Crippen LogP contribution < -0.4 is 5.73 Å². The number of halogens is 1. The fraction of sp³-hybridized carbons (Fsp3) is 0.385. The molecular formula is C13H16FN3O. The number of urea groups is 1. The average Bonchev–Trinajstić information content (AvgIpc) is 2.58. The molecule has 4 nitrogen and oxygen atoms in total. The number of hydrogen-bond acceptors (Lipinski definition) is 2. The number of amides is 2. The van der Waals surface area contributed by atoms with Gasteiger partial charge in [-0.2, -0.15) is 4.99 Å². The van der Waals surface area contributed by atoms with Crippen LogP contribution in [0, 0.1) is 12.7 Å². The van der Waals surface area contributed by atoms with E-state index in [9.17, 15) is 9.18 Å². The van der Waals surface area contributed by atoms with Crippen molar-refractivity contribution in [2.45, 2.75) is 26.3 Å². The maximum absolute atomic E-state index is 13.9. The number of nitrogens with zero attached hydrogens (tertiary/aromatic N) is 2. The van der Waals surface area contributed by atoms with Gasteiger partial charge in [-0.05, 0) is 19.4 Å². The monoisotopic (exact) mass is 249 g/mol. The highest BCUT2D eigenvalue weighted by Gasteiger charge is 2.35. The number of amidine groups is 1. The number of benzene rings is 1. The first-order chi connectivity index (χ1) is 8.54. The Morgan fingerprint density at radius 2 is 2.22 bits per heavy atom. The number of hydrogen-bond donors (Lipinski definition) is 1. The van der Waals surface area contributed by atoms with E-state index in [-0.39, 0.29) is 17.7 Å². The van der Waals surface area contributed by atoms with Crippen molar-refractivity contribution in [3.8, 4) is 0 Å². The molecule has 0 radical (unpaired) electrons. The largest absolute Gasteiger partial charge is 0.385 e. The van der Waals surface area contributed by atoms with Crippen LogP contribution in [0.15, 0.2) is 23.2 Å². The van der Waals surface area contributed by atoms with Crippen molar-refractivity contribution in [3.05, 3.63) is 35.1 Å². The molecule has 0 aromatic heterocycles. The van der Waals surface area contributed by atoms with E-state index in [0.717, 1.165) is 12.0 Å². The molecule has 0 saturated heterocycles. The lowest BCUT2D eigenvalue weighted by Gasteiger charge is -2.24. The van der Waals surface area contributed by atoms with E-state index >= 15 is 0 Å². The zero-order valence-corrected chi connectivity index (χ0v) is 10.5. The highest BCUT2D eigenvalue weighted by molar-refractivity contribution is 6.03. The fourth-order valence-electron chi connectivity index (χ4n) is 2.17. The fourth-order valence-corrected chi connectivity index (χ4v) is 2.17. The highest BCUT2D eigenvalue weighted by atomic mass is 19.1. The molecule has 1 aromatic carbocycles. The standard InChI is InChI=1S/C13H16FN3O/c1-3-6-17-11(12(15)16-13(17)18)9-7-8(2)4-5-10(9)14/h4-5,7,11H,3,6H2,1-2H3,(H2,15,16,18). The van der Waals surface area contributed by atoms with Crippen molar-refractivity contribution in [1.29, 1.82) is 0 Å². The molecule has 0 spiro atoms. The number of nitrogens with two attached hydrogens (primary N) is 1.